The van der Waals surface area contributed by atoms with Crippen molar-refractivity contribution in [2.45, 2.75) is 22.9 Å². The Morgan fingerprint density at radius 3 is 2.39 bits per heavy atom. The molecule has 3 aromatic rings. The summed E-state index contributed by atoms with van der Waals surface area (Å²) in [6, 6.07) is 8.66. The third kappa shape index (κ3) is 5.89. The van der Waals surface area contributed by atoms with Gasteiger partial charge in [0.2, 0.25) is 5.72 Å². The van der Waals surface area contributed by atoms with Crippen LogP contribution >= 0.6 is 23.2 Å². The van der Waals surface area contributed by atoms with Crippen molar-refractivity contribution in [3.05, 3.63) is 70.1 Å². The first-order chi connectivity index (χ1) is 16.7. The van der Waals surface area contributed by atoms with Gasteiger partial charge in [0.15, 0.2) is 0 Å². The summed E-state index contributed by atoms with van der Waals surface area (Å²) in [6.45, 7) is -0.374. The van der Waals surface area contributed by atoms with E-state index in [0.29, 0.717) is 16.1 Å². The van der Waals surface area contributed by atoms with Crippen molar-refractivity contribution in [3.8, 4) is 11.1 Å². The van der Waals surface area contributed by atoms with E-state index in [1.165, 1.54) is 18.3 Å². The number of carbonyl (C=O) groups is 1. The minimum atomic E-state index is -3.88. The van der Waals surface area contributed by atoms with Crippen LogP contribution in [0.25, 0.3) is 11.1 Å². The summed E-state index contributed by atoms with van der Waals surface area (Å²) in [5.41, 5.74) is -1.88. The Morgan fingerprint density at radius 2 is 1.81 bits per heavy atom. The molecule has 3 rings (SSSR count). The maximum Gasteiger partial charge on any atom is 0.324 e. The normalized spacial score (nSPS) is 14.6. The number of aliphatic hydroxyl groups is 5. The summed E-state index contributed by atoms with van der Waals surface area (Å²) in [6.07, 6.45) is 2.60. The zero-order chi connectivity index (χ0) is 26.9. The predicted molar refractivity (Wildman–Crippen MR) is 136 cm³/mol. The van der Waals surface area contributed by atoms with Gasteiger partial charge in [0, 0.05) is 28.5 Å². The Morgan fingerprint density at radius 1 is 1.11 bits per heavy atom. The number of carbonyl (C=O) groups excluding carboxylic acids is 1. The fourth-order valence-electron chi connectivity index (χ4n) is 3.27. The van der Waals surface area contributed by atoms with Gasteiger partial charge in [-0.25, -0.2) is 4.98 Å². The Hall–Kier alpha value is -2.51. The number of pyridine rings is 1. The number of hydrogen-bond acceptors (Lipinski definition) is 8. The molecule has 15 heteroatoms. The number of aromatic amines is 1. The van der Waals surface area contributed by atoms with E-state index < -0.39 is 28.8 Å². The predicted octanol–water partition coefficient (Wildman–Crippen LogP) is 0.157. The zero-order valence-corrected chi connectivity index (χ0v) is 20.0. The second-order valence-corrected chi connectivity index (χ2v) is 8.86. The largest absolute Gasteiger partial charge is 0.394 e. The van der Waals surface area contributed by atoms with Gasteiger partial charge in [0.25, 0.3) is 5.91 Å². The minimum Gasteiger partial charge on any atom is -0.394 e. The molecular formula is C21H19B3Cl2N4O6. The van der Waals surface area contributed by atoms with Gasteiger partial charge in [-0.1, -0.05) is 40.4 Å². The summed E-state index contributed by atoms with van der Waals surface area (Å²) >= 11 is 12.2. The smallest absolute Gasteiger partial charge is 0.324 e. The molecule has 36 heavy (non-hydrogen) atoms. The van der Waals surface area contributed by atoms with E-state index in [-0.39, 0.29) is 28.7 Å². The SMILES string of the molecule is [B]C([B])([B])C(O)(Nc1cc(-c2c[nH]c(C(=O)NC(CO)c3cccc(Cl)c3)c2)c(Cl)cn1)C(O)(O)O. The molecule has 0 saturated carbocycles. The van der Waals surface area contributed by atoms with Gasteiger partial charge in [0.1, 0.15) is 11.5 Å². The van der Waals surface area contributed by atoms with Crippen molar-refractivity contribution in [1.29, 1.82) is 0 Å². The third-order valence-electron chi connectivity index (χ3n) is 5.25. The molecule has 2 atom stereocenters. The van der Waals surface area contributed by atoms with Gasteiger partial charge in [-0.3, -0.25) is 4.79 Å². The Bertz CT molecular complexity index is 1230. The van der Waals surface area contributed by atoms with Gasteiger partial charge in [-0.15, -0.1) is 0 Å². The fraction of sp³-hybridized carbons (Fsp3) is 0.238. The molecule has 0 aliphatic carbocycles. The highest BCUT2D eigenvalue weighted by molar-refractivity contribution is 6.60. The fourth-order valence-corrected chi connectivity index (χ4v) is 3.68. The molecule has 2 heterocycles. The lowest BCUT2D eigenvalue weighted by atomic mass is 9.37. The first-order valence-electron chi connectivity index (χ1n) is 10.2. The van der Waals surface area contributed by atoms with Crippen LogP contribution in [0.2, 0.25) is 15.2 Å². The van der Waals surface area contributed by atoms with Gasteiger partial charge < -0.3 is 41.2 Å². The molecule has 10 nitrogen and oxygen atoms in total. The molecule has 0 aliphatic rings. The quantitative estimate of drug-likeness (QED) is 0.144. The van der Waals surface area contributed by atoms with Crippen LogP contribution in [-0.2, 0) is 0 Å². The number of hydrogen-bond donors (Lipinski definition) is 8. The number of aromatic nitrogens is 2. The molecule has 182 valence electrons. The van der Waals surface area contributed by atoms with E-state index in [9.17, 15) is 30.3 Å². The lowest BCUT2D eigenvalue weighted by molar-refractivity contribution is -0.383. The van der Waals surface area contributed by atoms with Crippen LogP contribution < -0.4 is 10.6 Å². The van der Waals surface area contributed by atoms with Crippen molar-refractivity contribution in [2.75, 3.05) is 11.9 Å². The van der Waals surface area contributed by atoms with E-state index in [0.717, 1.165) is 6.20 Å². The molecular weight excluding hydrogens is 508 g/mol. The first kappa shape index (κ1) is 28.1. The Balaban J connectivity index is 1.86. The van der Waals surface area contributed by atoms with E-state index in [4.69, 9.17) is 46.7 Å². The Labute approximate surface area is 219 Å². The molecule has 2 unspecified atom stereocenters. The number of H-pyrrole nitrogens is 1. The van der Waals surface area contributed by atoms with E-state index in [1.54, 1.807) is 24.3 Å². The molecule has 0 spiro atoms. The van der Waals surface area contributed by atoms with Crippen molar-refractivity contribution in [3.63, 3.8) is 0 Å². The van der Waals surface area contributed by atoms with E-state index in [2.05, 4.69) is 20.6 Å². The van der Waals surface area contributed by atoms with Crippen LogP contribution in [-0.4, -0.2) is 83.3 Å². The number of nitrogens with zero attached hydrogens (tertiary/aromatic N) is 1. The van der Waals surface area contributed by atoms with E-state index in [1.807, 2.05) is 0 Å². The minimum absolute atomic E-state index is 0.116. The summed E-state index contributed by atoms with van der Waals surface area (Å²) in [5.74, 6) is -4.68. The molecule has 6 radical (unpaired) electrons. The number of aliphatic hydroxyl groups excluding tert-OH is 1. The maximum absolute atomic E-state index is 12.8. The molecule has 0 fully saturated rings. The van der Waals surface area contributed by atoms with Crippen molar-refractivity contribution in [1.82, 2.24) is 15.3 Å². The summed E-state index contributed by atoms with van der Waals surface area (Å²) in [7, 11) is 16.2. The average Bonchev–Trinajstić information content (AvgIpc) is 3.27. The third-order valence-corrected chi connectivity index (χ3v) is 5.79. The Kier molecular flexibility index (Phi) is 8.16. The van der Waals surface area contributed by atoms with Crippen LogP contribution in [0.4, 0.5) is 5.82 Å². The highest BCUT2D eigenvalue weighted by atomic mass is 35.5. The lowest BCUT2D eigenvalue weighted by Crippen LogP contribution is -2.67. The number of amides is 1. The average molecular weight is 527 g/mol. The molecule has 1 amide bonds. The second kappa shape index (κ2) is 10.5. The number of nitrogens with one attached hydrogen (secondary N) is 3. The highest BCUT2D eigenvalue weighted by Gasteiger charge is 2.55. The van der Waals surface area contributed by atoms with Crippen LogP contribution in [0.3, 0.4) is 0 Å². The molecule has 0 aliphatic heterocycles. The summed E-state index contributed by atoms with van der Waals surface area (Å²) < 4.78 is 0. The monoisotopic (exact) mass is 526 g/mol. The molecule has 0 saturated heterocycles. The molecule has 8 N–H and O–H groups in total. The van der Waals surface area contributed by atoms with Crippen LogP contribution in [0.5, 0.6) is 0 Å². The molecule has 0 bridgehead atoms. The number of halogens is 2. The van der Waals surface area contributed by atoms with Gasteiger partial charge in [-0.05, 0) is 29.8 Å². The van der Waals surface area contributed by atoms with Crippen LogP contribution in [0.15, 0.2) is 48.8 Å². The summed E-state index contributed by atoms with van der Waals surface area (Å²) in [4.78, 5) is 19.4. The highest BCUT2D eigenvalue weighted by Crippen LogP contribution is 2.37. The maximum atomic E-state index is 12.8. The van der Waals surface area contributed by atoms with E-state index >= 15 is 0 Å². The molecule has 1 aromatic carbocycles. The first-order valence-corrected chi connectivity index (χ1v) is 11.0. The van der Waals surface area contributed by atoms with Gasteiger partial charge in [-0.2, -0.15) is 0 Å². The van der Waals surface area contributed by atoms with Crippen molar-refractivity contribution < 1.29 is 30.3 Å². The zero-order valence-electron chi connectivity index (χ0n) is 18.5. The van der Waals surface area contributed by atoms with Crippen molar-refractivity contribution >= 4 is 58.5 Å². The standard InChI is InChI=1S/C21H19B3Cl2N4O6/c22-20(23,24)19(33,21(34,35)36)30-17-6-13(14(26)8-28-17)11-5-15(27-7-11)18(32)29-16(9-31)10-2-1-3-12(25)4-10/h1-8,16,27,31,33-36H,9H2,(H,28,30)(H,29,32). The number of rotatable bonds is 9. The lowest BCUT2D eigenvalue weighted by Gasteiger charge is -2.46. The van der Waals surface area contributed by atoms with Gasteiger partial charge in [0.05, 0.1) is 41.2 Å². The second-order valence-electron chi connectivity index (χ2n) is 8.02. The summed E-state index contributed by atoms with van der Waals surface area (Å²) in [5, 5.41) is 51.5. The van der Waals surface area contributed by atoms with Crippen LogP contribution in [0, 0.1) is 0 Å². The van der Waals surface area contributed by atoms with Crippen molar-refractivity contribution in [2.24, 2.45) is 0 Å². The van der Waals surface area contributed by atoms with Gasteiger partial charge >= 0.3 is 5.97 Å². The topological polar surface area (TPSA) is 171 Å². The molecule has 2 aromatic heterocycles. The number of anilines is 1. The van der Waals surface area contributed by atoms with Crippen LogP contribution in [0.1, 0.15) is 22.1 Å². The number of benzene rings is 1.